The summed E-state index contributed by atoms with van der Waals surface area (Å²) in [5, 5.41) is 3.70. The van der Waals surface area contributed by atoms with Gasteiger partial charge < -0.3 is 5.32 Å². The summed E-state index contributed by atoms with van der Waals surface area (Å²) in [6.45, 7) is 11.1. The average Bonchev–Trinajstić information content (AvgIpc) is 2.47. The quantitative estimate of drug-likeness (QED) is 0.759. The van der Waals surface area contributed by atoms with Gasteiger partial charge in [-0.1, -0.05) is 62.4 Å². The Balaban J connectivity index is 2.07. The molecule has 1 N–H and O–H groups in total. The smallest absolute Gasteiger partial charge is 0.0300 e. The Morgan fingerprint density at radius 1 is 0.714 bits per heavy atom. The number of hydrogen-bond donors (Lipinski definition) is 1. The van der Waals surface area contributed by atoms with Crippen molar-refractivity contribution in [3.8, 4) is 0 Å². The van der Waals surface area contributed by atoms with Crippen molar-refractivity contribution >= 4 is 0 Å². The van der Waals surface area contributed by atoms with E-state index in [2.05, 4.69) is 88.5 Å². The maximum absolute atomic E-state index is 3.70. The Labute approximate surface area is 129 Å². The van der Waals surface area contributed by atoms with Gasteiger partial charge in [0.1, 0.15) is 0 Å². The second kappa shape index (κ2) is 6.91. The Bertz CT molecular complexity index is 569. The summed E-state index contributed by atoms with van der Waals surface area (Å²) in [4.78, 5) is 0. The van der Waals surface area contributed by atoms with Crippen LogP contribution in [0.15, 0.2) is 48.5 Å². The standard InChI is InChI=1S/C20H27N/c1-14(2)18-10-12-19(13-11-18)16(4)21-17(5)20-9-7-6-8-15(20)3/h6-14,16-17,21H,1-5H3/t16?,17-/m1/s1. The fraction of sp³-hybridized carbons (Fsp3) is 0.400. The summed E-state index contributed by atoms with van der Waals surface area (Å²) in [5.41, 5.74) is 5.47. The monoisotopic (exact) mass is 281 g/mol. The van der Waals surface area contributed by atoms with Crippen molar-refractivity contribution in [3.05, 3.63) is 70.8 Å². The summed E-state index contributed by atoms with van der Waals surface area (Å²) in [6, 6.07) is 18.3. The van der Waals surface area contributed by atoms with E-state index >= 15 is 0 Å². The third-order valence-corrected chi connectivity index (χ3v) is 4.26. The molecule has 1 nitrogen and oxygen atoms in total. The molecule has 0 aliphatic rings. The Morgan fingerprint density at radius 2 is 1.29 bits per heavy atom. The number of rotatable bonds is 5. The number of aryl methyl sites for hydroxylation is 1. The number of benzene rings is 2. The molecule has 112 valence electrons. The molecule has 0 spiro atoms. The molecule has 0 heterocycles. The van der Waals surface area contributed by atoms with Gasteiger partial charge in [0.2, 0.25) is 0 Å². The summed E-state index contributed by atoms with van der Waals surface area (Å²) < 4.78 is 0. The van der Waals surface area contributed by atoms with Crippen LogP contribution < -0.4 is 5.32 Å². The maximum atomic E-state index is 3.70. The third-order valence-electron chi connectivity index (χ3n) is 4.26. The molecule has 2 rings (SSSR count). The van der Waals surface area contributed by atoms with Crippen LogP contribution in [0.4, 0.5) is 0 Å². The molecule has 2 atom stereocenters. The van der Waals surface area contributed by atoms with Gasteiger partial charge in [-0.3, -0.25) is 0 Å². The van der Waals surface area contributed by atoms with Crippen molar-refractivity contribution in [1.82, 2.24) is 5.32 Å². The van der Waals surface area contributed by atoms with E-state index < -0.39 is 0 Å². The zero-order chi connectivity index (χ0) is 15.4. The lowest BCUT2D eigenvalue weighted by atomic mass is 9.98. The van der Waals surface area contributed by atoms with Gasteiger partial charge in [0.25, 0.3) is 0 Å². The highest BCUT2D eigenvalue weighted by atomic mass is 14.9. The van der Waals surface area contributed by atoms with Crippen LogP contribution in [0.5, 0.6) is 0 Å². The fourth-order valence-corrected chi connectivity index (χ4v) is 2.80. The van der Waals surface area contributed by atoms with Crippen LogP contribution in [0.1, 0.15) is 68.0 Å². The minimum absolute atomic E-state index is 0.348. The van der Waals surface area contributed by atoms with Gasteiger partial charge in [-0.05, 0) is 48.9 Å². The molecule has 2 aromatic carbocycles. The van der Waals surface area contributed by atoms with Crippen molar-refractivity contribution in [3.63, 3.8) is 0 Å². The Hall–Kier alpha value is -1.60. The number of hydrogen-bond acceptors (Lipinski definition) is 1. The highest BCUT2D eigenvalue weighted by molar-refractivity contribution is 5.30. The topological polar surface area (TPSA) is 12.0 Å². The van der Waals surface area contributed by atoms with Crippen LogP contribution >= 0.6 is 0 Å². The van der Waals surface area contributed by atoms with Gasteiger partial charge in [-0.15, -0.1) is 0 Å². The molecule has 0 fully saturated rings. The van der Waals surface area contributed by atoms with Crippen molar-refractivity contribution in [2.24, 2.45) is 0 Å². The molecule has 0 radical (unpaired) electrons. The van der Waals surface area contributed by atoms with Gasteiger partial charge in [-0.25, -0.2) is 0 Å². The maximum Gasteiger partial charge on any atom is 0.0300 e. The Morgan fingerprint density at radius 3 is 1.86 bits per heavy atom. The normalized spacial score (nSPS) is 14.2. The minimum atomic E-state index is 0.348. The van der Waals surface area contributed by atoms with E-state index in [1.807, 2.05) is 0 Å². The van der Waals surface area contributed by atoms with Crippen molar-refractivity contribution in [2.75, 3.05) is 0 Å². The molecular weight excluding hydrogens is 254 g/mol. The predicted molar refractivity (Wildman–Crippen MR) is 91.7 cm³/mol. The zero-order valence-electron chi connectivity index (χ0n) is 13.9. The van der Waals surface area contributed by atoms with Gasteiger partial charge in [0.05, 0.1) is 0 Å². The largest absolute Gasteiger partial charge is 0.304 e. The molecule has 0 amide bonds. The second-order valence-corrected chi connectivity index (χ2v) is 6.29. The lowest BCUT2D eigenvalue weighted by molar-refractivity contribution is 0.493. The lowest BCUT2D eigenvalue weighted by Crippen LogP contribution is -2.23. The summed E-state index contributed by atoms with van der Waals surface area (Å²) in [5.74, 6) is 0.591. The molecule has 0 bridgehead atoms. The van der Waals surface area contributed by atoms with E-state index in [0.29, 0.717) is 18.0 Å². The van der Waals surface area contributed by atoms with Crippen LogP contribution in [-0.2, 0) is 0 Å². The Kier molecular flexibility index (Phi) is 5.19. The van der Waals surface area contributed by atoms with Crippen LogP contribution in [0.25, 0.3) is 0 Å². The van der Waals surface area contributed by atoms with E-state index in [9.17, 15) is 0 Å². The molecule has 0 aromatic heterocycles. The SMILES string of the molecule is Cc1ccccc1[C@@H](C)NC(C)c1ccc(C(C)C)cc1. The number of nitrogens with one attached hydrogen (secondary N) is 1. The predicted octanol–water partition coefficient (Wildman–Crippen LogP) is 5.53. The van der Waals surface area contributed by atoms with E-state index in [1.54, 1.807) is 0 Å². The lowest BCUT2D eigenvalue weighted by Gasteiger charge is -2.22. The molecule has 21 heavy (non-hydrogen) atoms. The fourth-order valence-electron chi connectivity index (χ4n) is 2.80. The first-order valence-corrected chi connectivity index (χ1v) is 7.90. The molecule has 0 aliphatic heterocycles. The van der Waals surface area contributed by atoms with E-state index in [-0.39, 0.29) is 0 Å². The zero-order valence-corrected chi connectivity index (χ0v) is 13.9. The molecule has 1 heteroatoms. The first kappa shape index (κ1) is 15.8. The first-order valence-electron chi connectivity index (χ1n) is 7.90. The van der Waals surface area contributed by atoms with Gasteiger partial charge in [0.15, 0.2) is 0 Å². The van der Waals surface area contributed by atoms with E-state index in [0.717, 1.165) is 0 Å². The van der Waals surface area contributed by atoms with Gasteiger partial charge >= 0.3 is 0 Å². The molecule has 2 aromatic rings. The molecule has 1 unspecified atom stereocenters. The molecule has 0 aliphatic carbocycles. The first-order chi connectivity index (χ1) is 9.99. The van der Waals surface area contributed by atoms with Crippen molar-refractivity contribution < 1.29 is 0 Å². The van der Waals surface area contributed by atoms with E-state index in [4.69, 9.17) is 0 Å². The van der Waals surface area contributed by atoms with Crippen molar-refractivity contribution in [2.45, 2.75) is 52.6 Å². The molecular formula is C20H27N. The highest BCUT2D eigenvalue weighted by Crippen LogP contribution is 2.23. The minimum Gasteiger partial charge on any atom is -0.304 e. The van der Waals surface area contributed by atoms with Gasteiger partial charge in [0, 0.05) is 12.1 Å². The van der Waals surface area contributed by atoms with Crippen LogP contribution in [0.2, 0.25) is 0 Å². The summed E-state index contributed by atoms with van der Waals surface area (Å²) in [7, 11) is 0. The van der Waals surface area contributed by atoms with Crippen LogP contribution in [-0.4, -0.2) is 0 Å². The highest BCUT2D eigenvalue weighted by Gasteiger charge is 2.12. The molecule has 0 saturated carbocycles. The third kappa shape index (κ3) is 3.95. The average molecular weight is 281 g/mol. The van der Waals surface area contributed by atoms with Crippen LogP contribution in [0.3, 0.4) is 0 Å². The summed E-state index contributed by atoms with van der Waals surface area (Å²) >= 11 is 0. The molecule has 0 saturated heterocycles. The van der Waals surface area contributed by atoms with Crippen LogP contribution in [0, 0.1) is 6.92 Å². The van der Waals surface area contributed by atoms with E-state index in [1.165, 1.54) is 22.3 Å². The van der Waals surface area contributed by atoms with Gasteiger partial charge in [-0.2, -0.15) is 0 Å². The summed E-state index contributed by atoms with van der Waals surface area (Å²) in [6.07, 6.45) is 0. The van der Waals surface area contributed by atoms with Crippen molar-refractivity contribution in [1.29, 1.82) is 0 Å². The second-order valence-electron chi connectivity index (χ2n) is 6.29.